The zero-order valence-corrected chi connectivity index (χ0v) is 9.17. The number of hydrogen-bond acceptors (Lipinski definition) is 5. The summed E-state index contributed by atoms with van der Waals surface area (Å²) in [5, 5.41) is 12.5. The molecule has 1 heterocycles. The predicted molar refractivity (Wildman–Crippen MR) is 58.9 cm³/mol. The van der Waals surface area contributed by atoms with Crippen LogP contribution in [0.1, 0.15) is 18.5 Å². The van der Waals surface area contributed by atoms with E-state index in [0.717, 1.165) is 12.8 Å². The number of nitrogens with one attached hydrogen (secondary N) is 1. The SMILES string of the molecule is Cc1nc(Cl)nc(NC2(CO)CC2)c1N. The van der Waals surface area contributed by atoms with Crippen molar-refractivity contribution in [3.05, 3.63) is 11.0 Å². The molecule has 1 aliphatic carbocycles. The van der Waals surface area contributed by atoms with Crippen LogP contribution < -0.4 is 11.1 Å². The third-order valence-corrected chi connectivity index (χ3v) is 2.82. The number of aliphatic hydroxyl groups is 1. The Kier molecular flexibility index (Phi) is 2.44. The summed E-state index contributed by atoms with van der Waals surface area (Å²) >= 11 is 5.73. The summed E-state index contributed by atoms with van der Waals surface area (Å²) in [5.74, 6) is 0.513. The van der Waals surface area contributed by atoms with Crippen molar-refractivity contribution in [2.75, 3.05) is 17.7 Å². The molecule has 0 atom stereocenters. The normalized spacial score (nSPS) is 17.5. The first-order valence-corrected chi connectivity index (χ1v) is 5.13. The molecule has 6 heteroatoms. The van der Waals surface area contributed by atoms with Crippen molar-refractivity contribution < 1.29 is 5.11 Å². The molecule has 1 saturated carbocycles. The van der Waals surface area contributed by atoms with E-state index < -0.39 is 0 Å². The lowest BCUT2D eigenvalue weighted by Crippen LogP contribution is -2.27. The van der Waals surface area contributed by atoms with E-state index >= 15 is 0 Å². The summed E-state index contributed by atoms with van der Waals surface area (Å²) in [7, 11) is 0. The lowest BCUT2D eigenvalue weighted by molar-refractivity contribution is 0.266. The fourth-order valence-electron chi connectivity index (χ4n) is 1.37. The van der Waals surface area contributed by atoms with Crippen LogP contribution in [0.5, 0.6) is 0 Å². The maximum Gasteiger partial charge on any atom is 0.224 e. The zero-order valence-electron chi connectivity index (χ0n) is 8.42. The first-order chi connectivity index (χ1) is 7.06. The molecule has 0 bridgehead atoms. The summed E-state index contributed by atoms with van der Waals surface area (Å²) in [6.07, 6.45) is 1.84. The minimum absolute atomic E-state index is 0.0765. The van der Waals surface area contributed by atoms with Crippen LogP contribution in [0.3, 0.4) is 0 Å². The molecule has 0 spiro atoms. The molecule has 1 aromatic heterocycles. The molecule has 1 aliphatic rings. The number of nitrogens with two attached hydrogens (primary N) is 1. The number of aromatic nitrogens is 2. The van der Waals surface area contributed by atoms with Crippen molar-refractivity contribution in [2.24, 2.45) is 0 Å². The lowest BCUT2D eigenvalue weighted by atomic mass is 10.2. The van der Waals surface area contributed by atoms with Crippen molar-refractivity contribution in [1.82, 2.24) is 9.97 Å². The van der Waals surface area contributed by atoms with Gasteiger partial charge in [-0.2, -0.15) is 4.98 Å². The van der Waals surface area contributed by atoms with Gasteiger partial charge in [0.15, 0.2) is 5.82 Å². The number of halogens is 1. The first-order valence-electron chi connectivity index (χ1n) is 4.75. The van der Waals surface area contributed by atoms with Gasteiger partial charge >= 0.3 is 0 Å². The van der Waals surface area contributed by atoms with E-state index in [1.807, 2.05) is 0 Å². The molecule has 1 aromatic rings. The van der Waals surface area contributed by atoms with Crippen LogP contribution in [0, 0.1) is 6.92 Å². The Morgan fingerprint density at radius 1 is 1.53 bits per heavy atom. The Morgan fingerprint density at radius 2 is 2.20 bits per heavy atom. The molecule has 0 unspecified atom stereocenters. The highest BCUT2D eigenvalue weighted by Crippen LogP contribution is 2.39. The van der Waals surface area contributed by atoms with Crippen molar-refractivity contribution in [1.29, 1.82) is 0 Å². The number of anilines is 2. The second-order valence-corrected chi connectivity index (χ2v) is 4.24. The second-order valence-electron chi connectivity index (χ2n) is 3.90. The highest BCUT2D eigenvalue weighted by atomic mass is 35.5. The van der Waals surface area contributed by atoms with Gasteiger partial charge in [0.25, 0.3) is 0 Å². The average Bonchev–Trinajstić information content (AvgIpc) is 2.94. The monoisotopic (exact) mass is 228 g/mol. The highest BCUT2D eigenvalue weighted by molar-refractivity contribution is 6.28. The molecule has 15 heavy (non-hydrogen) atoms. The number of hydrogen-bond donors (Lipinski definition) is 3. The van der Waals surface area contributed by atoms with Gasteiger partial charge in [0.05, 0.1) is 23.5 Å². The Bertz CT molecular complexity index is 392. The fourth-order valence-corrected chi connectivity index (χ4v) is 1.58. The number of nitrogen functional groups attached to an aromatic ring is 1. The van der Waals surface area contributed by atoms with Crippen molar-refractivity contribution in [3.63, 3.8) is 0 Å². The Balaban J connectivity index is 2.28. The van der Waals surface area contributed by atoms with Gasteiger partial charge in [0.2, 0.25) is 5.28 Å². The van der Waals surface area contributed by atoms with Gasteiger partial charge in [0.1, 0.15) is 0 Å². The molecule has 2 rings (SSSR count). The largest absolute Gasteiger partial charge is 0.394 e. The summed E-state index contributed by atoms with van der Waals surface area (Å²) in [4.78, 5) is 7.95. The molecule has 0 amide bonds. The third-order valence-electron chi connectivity index (χ3n) is 2.65. The molecule has 0 saturated heterocycles. The van der Waals surface area contributed by atoms with Crippen LogP contribution in [0.2, 0.25) is 5.28 Å². The molecule has 0 aromatic carbocycles. The summed E-state index contributed by atoms with van der Waals surface area (Å²) < 4.78 is 0. The van der Waals surface area contributed by atoms with Gasteiger partial charge in [-0.15, -0.1) is 0 Å². The molecule has 0 radical (unpaired) electrons. The van der Waals surface area contributed by atoms with Gasteiger partial charge in [-0.1, -0.05) is 0 Å². The van der Waals surface area contributed by atoms with Crippen LogP contribution >= 0.6 is 11.6 Å². The van der Waals surface area contributed by atoms with E-state index in [0.29, 0.717) is 17.2 Å². The first kappa shape index (κ1) is 10.4. The maximum atomic E-state index is 9.17. The van der Waals surface area contributed by atoms with Crippen molar-refractivity contribution >= 4 is 23.1 Å². The van der Waals surface area contributed by atoms with Gasteiger partial charge in [-0.3, -0.25) is 0 Å². The number of aryl methyl sites for hydroxylation is 1. The lowest BCUT2D eigenvalue weighted by Gasteiger charge is -2.17. The molecular formula is C9H13ClN4O. The van der Waals surface area contributed by atoms with E-state index in [1.165, 1.54) is 0 Å². The number of aliphatic hydroxyl groups excluding tert-OH is 1. The molecule has 1 fully saturated rings. The van der Waals surface area contributed by atoms with Gasteiger partial charge in [-0.05, 0) is 31.4 Å². The van der Waals surface area contributed by atoms with Crippen LogP contribution in [-0.2, 0) is 0 Å². The Labute approximate surface area is 92.7 Å². The molecule has 82 valence electrons. The number of nitrogens with zero attached hydrogens (tertiary/aromatic N) is 2. The van der Waals surface area contributed by atoms with E-state index in [9.17, 15) is 0 Å². The predicted octanol–water partition coefficient (Wildman–Crippen LogP) is 0.957. The summed E-state index contributed by atoms with van der Waals surface area (Å²) in [5.41, 5.74) is 6.69. The number of rotatable bonds is 3. The molecule has 0 aliphatic heterocycles. The van der Waals surface area contributed by atoms with Crippen molar-refractivity contribution in [3.8, 4) is 0 Å². The van der Waals surface area contributed by atoms with Crippen LogP contribution in [-0.4, -0.2) is 27.2 Å². The topological polar surface area (TPSA) is 84.1 Å². The maximum absolute atomic E-state index is 9.17. The highest BCUT2D eigenvalue weighted by Gasteiger charge is 2.42. The van der Waals surface area contributed by atoms with Gasteiger partial charge in [-0.25, -0.2) is 4.98 Å². The fraction of sp³-hybridized carbons (Fsp3) is 0.556. The molecular weight excluding hydrogens is 216 g/mol. The average molecular weight is 229 g/mol. The summed E-state index contributed by atoms with van der Waals surface area (Å²) in [6.45, 7) is 1.85. The van der Waals surface area contributed by atoms with E-state index in [-0.39, 0.29) is 17.4 Å². The van der Waals surface area contributed by atoms with Crippen molar-refractivity contribution in [2.45, 2.75) is 25.3 Å². The van der Waals surface area contributed by atoms with Gasteiger partial charge < -0.3 is 16.2 Å². The van der Waals surface area contributed by atoms with Gasteiger partial charge in [0, 0.05) is 0 Å². The Hall–Kier alpha value is -1.07. The standard InChI is InChI=1S/C9H13ClN4O/c1-5-6(11)7(13-8(10)12-5)14-9(4-15)2-3-9/h15H,2-4,11H2,1H3,(H,12,13,14). The smallest absolute Gasteiger partial charge is 0.224 e. The van der Waals surface area contributed by atoms with E-state index in [4.69, 9.17) is 22.4 Å². The van der Waals surface area contributed by atoms with Crippen LogP contribution in [0.25, 0.3) is 0 Å². The minimum atomic E-state index is -0.252. The Morgan fingerprint density at radius 3 is 2.73 bits per heavy atom. The molecule has 5 nitrogen and oxygen atoms in total. The van der Waals surface area contributed by atoms with Crippen LogP contribution in [0.4, 0.5) is 11.5 Å². The quantitative estimate of drug-likeness (QED) is 0.671. The van der Waals surface area contributed by atoms with E-state index in [2.05, 4.69) is 15.3 Å². The minimum Gasteiger partial charge on any atom is -0.394 e. The van der Waals surface area contributed by atoms with E-state index in [1.54, 1.807) is 6.92 Å². The molecule has 4 N–H and O–H groups in total. The zero-order chi connectivity index (χ0) is 11.1. The van der Waals surface area contributed by atoms with Crippen LogP contribution in [0.15, 0.2) is 0 Å². The third kappa shape index (κ3) is 1.98. The summed E-state index contributed by atoms with van der Waals surface area (Å²) in [6, 6.07) is 0. The second kappa shape index (κ2) is 3.50.